The van der Waals surface area contributed by atoms with Crippen LogP contribution in [-0.4, -0.2) is 35.5 Å². The van der Waals surface area contributed by atoms with Gasteiger partial charge in [0.2, 0.25) is 0 Å². The maximum absolute atomic E-state index is 12.0. The van der Waals surface area contributed by atoms with Crippen molar-refractivity contribution in [2.75, 3.05) is 7.11 Å². The van der Waals surface area contributed by atoms with Gasteiger partial charge < -0.3 is 14.9 Å². The van der Waals surface area contributed by atoms with E-state index in [0.29, 0.717) is 29.6 Å². The molecule has 0 aromatic carbocycles. The zero-order chi connectivity index (χ0) is 24.3. The highest BCUT2D eigenvalue weighted by molar-refractivity contribution is 5.69. The lowest BCUT2D eigenvalue weighted by Crippen LogP contribution is -2.62. The molecule has 0 aromatic rings. The lowest BCUT2D eigenvalue weighted by atomic mass is 9.41. The number of fused-ring (bicyclic) bond motifs is 5. The molecule has 4 fully saturated rings. The van der Waals surface area contributed by atoms with Gasteiger partial charge in [0.15, 0.2) is 0 Å². The zero-order valence-electron chi connectivity index (χ0n) is 22.3. The molecule has 4 aliphatic carbocycles. The first-order chi connectivity index (χ1) is 15.4. The first-order valence-corrected chi connectivity index (χ1v) is 12.8. The molecule has 0 aromatic heterocycles. The number of aliphatic hydroxyl groups is 2. The number of esters is 1. The van der Waals surface area contributed by atoms with Crippen LogP contribution in [0.1, 0.15) is 94.6 Å². The fraction of sp³-hybridized carbons (Fsp3) is 0.963. The van der Waals surface area contributed by atoms with Crippen LogP contribution >= 0.6 is 0 Å². The van der Waals surface area contributed by atoms with Crippen molar-refractivity contribution in [2.24, 2.45) is 52.3 Å². The van der Waals surface area contributed by atoms with Gasteiger partial charge in [-0.15, -0.1) is 0 Å². The van der Waals surface area contributed by atoms with Gasteiger partial charge in [-0.25, -0.2) is 0 Å². The van der Waals surface area contributed by atoms with E-state index in [1.54, 1.807) is 0 Å². The van der Waals surface area contributed by atoms with Gasteiger partial charge in [0.25, 0.3) is 0 Å². The average Bonchev–Trinajstić information content (AvgIpc) is 3.11. The maximum atomic E-state index is 12.0. The quantitative estimate of drug-likeness (QED) is 0.581. The molecule has 0 spiro atoms. The molecule has 0 amide bonds. The molecule has 0 radical (unpaired) electrons. The lowest BCUT2D eigenvalue weighted by molar-refractivity contribution is -0.203. The largest absolute Gasteiger partial charge is 0.469 e. The van der Waals surface area contributed by atoms with Crippen molar-refractivity contribution < 1.29 is 22.5 Å². The van der Waals surface area contributed by atoms with Crippen LogP contribution in [0.2, 0.25) is 0 Å². The van der Waals surface area contributed by atoms with E-state index >= 15 is 0 Å². The number of ether oxygens (including phenoxy) is 1. The third-order valence-corrected chi connectivity index (χ3v) is 10.9. The topological polar surface area (TPSA) is 66.8 Å². The predicted octanol–water partition coefficient (Wildman–Crippen LogP) is 5.20. The molecule has 2 N–H and O–H groups in total. The molecule has 31 heavy (non-hydrogen) atoms. The normalized spacial score (nSPS) is 51.6. The van der Waals surface area contributed by atoms with Crippen molar-refractivity contribution >= 4 is 5.97 Å². The van der Waals surface area contributed by atoms with Gasteiger partial charge in [0.05, 0.1) is 19.3 Å². The van der Waals surface area contributed by atoms with Crippen LogP contribution in [0.4, 0.5) is 0 Å². The molecule has 4 nitrogen and oxygen atoms in total. The average molecular weight is 437 g/mol. The minimum atomic E-state index is -1.96. The van der Waals surface area contributed by atoms with E-state index in [-0.39, 0.29) is 41.3 Å². The molecule has 0 aliphatic heterocycles. The first-order valence-electron chi connectivity index (χ1n) is 13.8. The molecule has 0 saturated heterocycles. The summed E-state index contributed by atoms with van der Waals surface area (Å²) in [5.41, 5.74) is 0.265. The van der Waals surface area contributed by atoms with Crippen molar-refractivity contribution in [2.45, 2.75) is 104 Å². The molecule has 178 valence electrons. The number of rotatable bonds is 5. The van der Waals surface area contributed by atoms with Crippen molar-refractivity contribution in [3.63, 3.8) is 0 Å². The summed E-state index contributed by atoms with van der Waals surface area (Å²) in [6, 6.07) is 0. The Morgan fingerprint density at radius 2 is 1.77 bits per heavy atom. The van der Waals surface area contributed by atoms with Gasteiger partial charge >= 0.3 is 5.97 Å². The van der Waals surface area contributed by atoms with E-state index in [2.05, 4.69) is 27.7 Å². The molecule has 4 rings (SSSR count). The Balaban J connectivity index is 1.60. The number of hydrogen-bond acceptors (Lipinski definition) is 4. The Morgan fingerprint density at radius 3 is 2.45 bits per heavy atom. The van der Waals surface area contributed by atoms with Crippen molar-refractivity contribution in [3.05, 3.63) is 0 Å². The monoisotopic (exact) mass is 436 g/mol. The Labute approximate surface area is 192 Å². The Bertz CT molecular complexity index is 744. The minimum Gasteiger partial charge on any atom is -0.469 e. The minimum absolute atomic E-state index is 0.0728. The first kappa shape index (κ1) is 21.0. The molecule has 0 heterocycles. The molecule has 0 bridgehead atoms. The van der Waals surface area contributed by atoms with Crippen molar-refractivity contribution in [1.29, 1.82) is 0 Å². The van der Waals surface area contributed by atoms with Crippen molar-refractivity contribution in [3.8, 4) is 0 Å². The summed E-state index contributed by atoms with van der Waals surface area (Å²) in [4.78, 5) is 12.0. The second-order valence-corrected chi connectivity index (χ2v) is 12.0. The van der Waals surface area contributed by atoms with E-state index < -0.39 is 12.3 Å². The fourth-order valence-corrected chi connectivity index (χ4v) is 9.39. The van der Waals surface area contributed by atoms with Gasteiger partial charge in [-0.05, 0) is 104 Å². The van der Waals surface area contributed by atoms with Crippen LogP contribution < -0.4 is 0 Å². The second-order valence-electron chi connectivity index (χ2n) is 12.0. The smallest absolute Gasteiger partial charge is 0.305 e. The highest BCUT2D eigenvalue weighted by atomic mass is 16.5. The van der Waals surface area contributed by atoms with Crippen LogP contribution in [-0.2, 0) is 9.53 Å². The summed E-state index contributed by atoms with van der Waals surface area (Å²) in [5, 5.41) is 22.2. The van der Waals surface area contributed by atoms with E-state index in [4.69, 9.17) is 7.48 Å². The van der Waals surface area contributed by atoms with Gasteiger partial charge in [0.1, 0.15) is 0 Å². The molecular formula is C27H46O4. The summed E-state index contributed by atoms with van der Waals surface area (Å²) in [6.07, 6.45) is 5.79. The molecule has 4 saturated carbocycles. The summed E-state index contributed by atoms with van der Waals surface area (Å²) >= 11 is 0. The number of carbonyl (C=O) groups excluding carboxylic acids is 1. The van der Waals surface area contributed by atoms with Crippen LogP contribution in [0.5, 0.6) is 0 Å². The molecular weight excluding hydrogens is 388 g/mol. The van der Waals surface area contributed by atoms with E-state index in [0.717, 1.165) is 51.4 Å². The molecule has 3 unspecified atom stereocenters. The standard InChI is InChI=1S/C27H46O4/c1-6-18-22-15-17(28)11-13-27(22,4)21-12-14-26(3)19(16(2)7-10-23(29)31-5)8-9-20(26)24(21)25(18)30/h16-22,24-25,28,30H,6-15H2,1-5H3/t16-,17-,18-,19-,20?,21?,22+,24?,25-,26-,27-/m1/s1/i10D2. The Morgan fingerprint density at radius 1 is 1.10 bits per heavy atom. The van der Waals surface area contributed by atoms with Gasteiger partial charge in [-0.3, -0.25) is 4.79 Å². The third-order valence-electron chi connectivity index (χ3n) is 10.9. The summed E-state index contributed by atoms with van der Waals surface area (Å²) < 4.78 is 21.2. The Kier molecular flexibility index (Phi) is 5.83. The summed E-state index contributed by atoms with van der Waals surface area (Å²) in [5.74, 6) is 1.55. The van der Waals surface area contributed by atoms with Crippen LogP contribution in [0.3, 0.4) is 0 Å². The molecule has 4 aliphatic rings. The number of methoxy groups -OCH3 is 1. The van der Waals surface area contributed by atoms with Crippen LogP contribution in [0.25, 0.3) is 0 Å². The zero-order valence-corrected chi connectivity index (χ0v) is 20.3. The molecule has 4 heteroatoms. The maximum Gasteiger partial charge on any atom is 0.305 e. The second kappa shape index (κ2) is 8.63. The SMILES string of the molecule is [2H]C([2H])(C[C@@H](C)[C@H]1CCC2C3C(CC[C@@]21C)[C@@]1(C)CC[C@@H](O)C[C@H]1[C@@H](CC)[C@H]3O)C(=O)OC. The Hall–Kier alpha value is -0.610. The van der Waals surface area contributed by atoms with E-state index in [9.17, 15) is 15.0 Å². The van der Waals surface area contributed by atoms with E-state index in [1.165, 1.54) is 7.11 Å². The van der Waals surface area contributed by atoms with Crippen LogP contribution in [0, 0.1) is 52.3 Å². The lowest BCUT2D eigenvalue weighted by Gasteiger charge is -2.64. The van der Waals surface area contributed by atoms with Crippen molar-refractivity contribution in [1.82, 2.24) is 0 Å². The van der Waals surface area contributed by atoms with Crippen LogP contribution in [0.15, 0.2) is 0 Å². The number of carbonyl (C=O) groups is 1. The third kappa shape index (κ3) is 3.68. The summed E-state index contributed by atoms with van der Waals surface area (Å²) in [6.45, 7) is 9.16. The predicted molar refractivity (Wildman–Crippen MR) is 122 cm³/mol. The fourth-order valence-electron chi connectivity index (χ4n) is 9.39. The number of aliphatic hydroxyl groups excluding tert-OH is 2. The van der Waals surface area contributed by atoms with Gasteiger partial charge in [-0.2, -0.15) is 0 Å². The van der Waals surface area contributed by atoms with Gasteiger partial charge in [-0.1, -0.05) is 34.1 Å². The summed E-state index contributed by atoms with van der Waals surface area (Å²) in [7, 11) is 1.26. The van der Waals surface area contributed by atoms with E-state index in [1.807, 2.05) is 0 Å². The number of hydrogen-bond donors (Lipinski definition) is 2. The highest BCUT2D eigenvalue weighted by Gasteiger charge is 2.64. The van der Waals surface area contributed by atoms with Gasteiger partial charge in [0, 0.05) is 9.11 Å². The highest BCUT2D eigenvalue weighted by Crippen LogP contribution is 2.69. The molecule has 11 atom stereocenters.